The molecule has 1 unspecified atom stereocenters. The van der Waals surface area contributed by atoms with E-state index in [0.717, 1.165) is 17.8 Å². The van der Waals surface area contributed by atoms with E-state index in [0.29, 0.717) is 17.5 Å². The van der Waals surface area contributed by atoms with Gasteiger partial charge >= 0.3 is 12.1 Å². The number of aromatic nitrogens is 1. The molecule has 0 amide bonds. The van der Waals surface area contributed by atoms with Crippen LogP contribution >= 0.6 is 23.4 Å². The zero-order chi connectivity index (χ0) is 20.0. The van der Waals surface area contributed by atoms with E-state index in [-0.39, 0.29) is 22.4 Å². The molecule has 1 heterocycles. The van der Waals surface area contributed by atoms with Crippen molar-refractivity contribution in [1.29, 1.82) is 0 Å². The summed E-state index contributed by atoms with van der Waals surface area (Å²) in [4.78, 5) is 15.0. The number of aliphatic hydroxyl groups is 1. The van der Waals surface area contributed by atoms with Crippen molar-refractivity contribution >= 4 is 29.3 Å². The first-order valence-electron chi connectivity index (χ1n) is 7.55. The molecular formula is C17H15ClF3NO4S. The lowest BCUT2D eigenvalue weighted by Gasteiger charge is -2.13. The zero-order valence-corrected chi connectivity index (χ0v) is 15.6. The van der Waals surface area contributed by atoms with E-state index in [4.69, 9.17) is 16.3 Å². The van der Waals surface area contributed by atoms with E-state index in [9.17, 15) is 23.1 Å². The van der Waals surface area contributed by atoms with Crippen LogP contribution in [-0.2, 0) is 10.9 Å². The summed E-state index contributed by atoms with van der Waals surface area (Å²) in [5, 5.41) is 10.0. The van der Waals surface area contributed by atoms with Crippen molar-refractivity contribution in [2.24, 2.45) is 0 Å². The van der Waals surface area contributed by atoms with Crippen molar-refractivity contribution in [3.63, 3.8) is 0 Å². The Morgan fingerprint density at radius 2 is 2.00 bits per heavy atom. The lowest BCUT2D eigenvalue weighted by atomic mass is 10.2. The molecule has 1 atom stereocenters. The predicted octanol–water partition coefficient (Wildman–Crippen LogP) is 4.07. The van der Waals surface area contributed by atoms with Gasteiger partial charge in [-0.1, -0.05) is 11.6 Å². The Hall–Kier alpha value is -1.97. The van der Waals surface area contributed by atoms with Gasteiger partial charge in [0.2, 0.25) is 0 Å². The summed E-state index contributed by atoms with van der Waals surface area (Å²) in [5.41, 5.74) is -0.569. The van der Waals surface area contributed by atoms with Crippen molar-refractivity contribution in [3.8, 4) is 5.75 Å². The highest BCUT2D eigenvalue weighted by molar-refractivity contribution is 7.99. The average Bonchev–Trinajstić information content (AvgIpc) is 2.64. The van der Waals surface area contributed by atoms with Gasteiger partial charge in [-0.15, -0.1) is 11.8 Å². The second-order valence-electron chi connectivity index (χ2n) is 5.30. The number of benzene rings is 1. The first-order chi connectivity index (χ1) is 12.7. The van der Waals surface area contributed by atoms with E-state index in [1.165, 1.54) is 19.2 Å². The topological polar surface area (TPSA) is 68.7 Å². The molecule has 10 heteroatoms. The van der Waals surface area contributed by atoms with E-state index >= 15 is 0 Å². The third-order valence-electron chi connectivity index (χ3n) is 3.26. The Balaban J connectivity index is 1.84. The second-order valence-corrected chi connectivity index (χ2v) is 6.72. The molecule has 0 aliphatic heterocycles. The predicted molar refractivity (Wildman–Crippen MR) is 94.3 cm³/mol. The van der Waals surface area contributed by atoms with Crippen LogP contribution in [0.3, 0.4) is 0 Å². The van der Waals surface area contributed by atoms with Gasteiger partial charge in [0.05, 0.1) is 29.4 Å². The monoisotopic (exact) mass is 421 g/mol. The van der Waals surface area contributed by atoms with Gasteiger partial charge in [0, 0.05) is 11.9 Å². The fourth-order valence-corrected chi connectivity index (χ4v) is 3.01. The van der Waals surface area contributed by atoms with Crippen LogP contribution in [0.4, 0.5) is 13.2 Å². The molecule has 2 rings (SSSR count). The van der Waals surface area contributed by atoms with Crippen LogP contribution in [0.1, 0.15) is 15.9 Å². The highest BCUT2D eigenvalue weighted by Crippen LogP contribution is 2.33. The van der Waals surface area contributed by atoms with Crippen LogP contribution in [0.25, 0.3) is 0 Å². The molecule has 1 N–H and O–H groups in total. The number of aliphatic hydroxyl groups excluding tert-OH is 1. The maximum atomic E-state index is 12.6. The van der Waals surface area contributed by atoms with Crippen molar-refractivity contribution in [2.75, 3.05) is 19.5 Å². The van der Waals surface area contributed by atoms with Crippen molar-refractivity contribution < 1.29 is 32.5 Å². The lowest BCUT2D eigenvalue weighted by molar-refractivity contribution is -0.137. The second kappa shape index (κ2) is 9.29. The van der Waals surface area contributed by atoms with E-state index in [2.05, 4.69) is 9.72 Å². The normalized spacial score (nSPS) is 12.5. The van der Waals surface area contributed by atoms with Crippen molar-refractivity contribution in [3.05, 3.63) is 52.7 Å². The molecule has 1 aromatic carbocycles. The molecule has 146 valence electrons. The number of esters is 1. The number of ether oxygens (including phenoxy) is 2. The molecule has 0 aliphatic carbocycles. The number of thioether (sulfide) groups is 1. The molecule has 27 heavy (non-hydrogen) atoms. The number of nitrogens with zero attached hydrogens (tertiary/aromatic N) is 1. The van der Waals surface area contributed by atoms with Crippen molar-refractivity contribution in [1.82, 2.24) is 4.98 Å². The molecule has 0 bridgehead atoms. The molecule has 2 aromatic rings. The number of carbonyl (C=O) groups is 1. The van der Waals surface area contributed by atoms with Gasteiger partial charge in [-0.05, 0) is 30.3 Å². The molecule has 0 aliphatic rings. The minimum Gasteiger partial charge on any atom is -0.491 e. The van der Waals surface area contributed by atoms with E-state index in [1.54, 1.807) is 12.1 Å². The van der Waals surface area contributed by atoms with Crippen LogP contribution in [0, 0.1) is 0 Å². The summed E-state index contributed by atoms with van der Waals surface area (Å²) in [6.45, 7) is -0.0528. The van der Waals surface area contributed by atoms with Crippen molar-refractivity contribution in [2.45, 2.75) is 17.3 Å². The summed E-state index contributed by atoms with van der Waals surface area (Å²) in [6, 6.07) is 6.95. The number of alkyl halides is 3. The van der Waals surface area contributed by atoms with Crippen LogP contribution in [-0.4, -0.2) is 41.6 Å². The van der Waals surface area contributed by atoms with Gasteiger partial charge in [-0.25, -0.2) is 9.78 Å². The maximum Gasteiger partial charge on any atom is 0.417 e. The number of methoxy groups -OCH3 is 1. The molecule has 5 nitrogen and oxygen atoms in total. The van der Waals surface area contributed by atoms with Gasteiger partial charge in [0.1, 0.15) is 17.4 Å². The van der Waals surface area contributed by atoms with E-state index < -0.39 is 23.8 Å². The smallest absolute Gasteiger partial charge is 0.417 e. The molecular weight excluding hydrogens is 407 g/mol. The molecule has 0 spiro atoms. The lowest BCUT2D eigenvalue weighted by Crippen LogP contribution is -2.20. The fourth-order valence-electron chi connectivity index (χ4n) is 1.91. The number of halogens is 4. The highest BCUT2D eigenvalue weighted by atomic mass is 35.5. The van der Waals surface area contributed by atoms with E-state index in [1.807, 2.05) is 0 Å². The number of hydrogen-bond acceptors (Lipinski definition) is 6. The quantitative estimate of drug-likeness (QED) is 0.537. The van der Waals surface area contributed by atoms with Gasteiger partial charge in [-0.2, -0.15) is 13.2 Å². The SMILES string of the molecule is COC(=O)c1ccc(OCC(O)CSc2ncc(C(F)(F)F)cc2Cl)cc1. The Morgan fingerprint density at radius 1 is 1.33 bits per heavy atom. The number of pyridine rings is 1. The summed E-state index contributed by atoms with van der Waals surface area (Å²) in [6.07, 6.45) is -4.73. The molecule has 1 aromatic heterocycles. The van der Waals surface area contributed by atoms with Gasteiger partial charge in [-0.3, -0.25) is 0 Å². The maximum absolute atomic E-state index is 12.6. The van der Waals surface area contributed by atoms with Gasteiger partial charge in [0.15, 0.2) is 0 Å². The summed E-state index contributed by atoms with van der Waals surface area (Å²) in [5.74, 6) is 0.0921. The van der Waals surface area contributed by atoms with Crippen LogP contribution in [0.2, 0.25) is 5.02 Å². The van der Waals surface area contributed by atoms with Gasteiger partial charge in [0.25, 0.3) is 0 Å². The Bertz CT molecular complexity index is 787. The first kappa shape index (κ1) is 21.3. The third kappa shape index (κ3) is 6.30. The molecule has 0 saturated carbocycles. The molecule has 0 radical (unpaired) electrons. The Labute approximate surface area is 162 Å². The Kier molecular flexibility index (Phi) is 7.34. The fraction of sp³-hybridized carbons (Fsp3) is 0.294. The van der Waals surface area contributed by atoms with Gasteiger partial charge < -0.3 is 14.6 Å². The molecule has 0 saturated heterocycles. The van der Waals surface area contributed by atoms with Crippen LogP contribution in [0.5, 0.6) is 5.75 Å². The third-order valence-corrected chi connectivity index (χ3v) is 4.82. The first-order valence-corrected chi connectivity index (χ1v) is 8.92. The Morgan fingerprint density at radius 3 is 2.56 bits per heavy atom. The summed E-state index contributed by atoms with van der Waals surface area (Å²) >= 11 is 6.83. The number of carbonyl (C=O) groups excluding carboxylic acids is 1. The standard InChI is InChI=1S/C17H15ClF3NO4S/c1-25-16(24)10-2-4-13(5-3-10)26-8-12(23)9-27-15-14(18)6-11(7-22-15)17(19,20)21/h2-7,12,23H,8-9H2,1H3. The average molecular weight is 422 g/mol. The minimum absolute atomic E-state index is 0.0528. The summed E-state index contributed by atoms with van der Waals surface area (Å²) in [7, 11) is 1.28. The zero-order valence-electron chi connectivity index (χ0n) is 14.0. The summed E-state index contributed by atoms with van der Waals surface area (Å²) < 4.78 is 47.7. The highest BCUT2D eigenvalue weighted by Gasteiger charge is 2.31. The van der Waals surface area contributed by atoms with Crippen LogP contribution < -0.4 is 4.74 Å². The molecule has 0 fully saturated rings. The van der Waals surface area contributed by atoms with Crippen LogP contribution in [0.15, 0.2) is 41.6 Å². The minimum atomic E-state index is -4.52. The number of hydrogen-bond donors (Lipinski definition) is 1. The number of rotatable bonds is 7. The largest absolute Gasteiger partial charge is 0.491 e.